The summed E-state index contributed by atoms with van der Waals surface area (Å²) in [6.45, 7) is 0. The summed E-state index contributed by atoms with van der Waals surface area (Å²) < 4.78 is 5.24. The second-order valence-electron chi connectivity index (χ2n) is 4.90. The van der Waals surface area contributed by atoms with Crippen molar-refractivity contribution < 1.29 is 9.21 Å². The van der Waals surface area contributed by atoms with Gasteiger partial charge in [-0.15, -0.1) is 22.7 Å². The summed E-state index contributed by atoms with van der Waals surface area (Å²) in [5, 5.41) is 5.73. The smallest absolute Gasteiger partial charge is 0.267 e. The van der Waals surface area contributed by atoms with Gasteiger partial charge in [0.2, 0.25) is 0 Å². The molecule has 4 rings (SSSR count). The summed E-state index contributed by atoms with van der Waals surface area (Å²) in [5.74, 6) is 0.527. The van der Waals surface area contributed by atoms with Crippen molar-refractivity contribution in [3.05, 3.63) is 65.4 Å². The van der Waals surface area contributed by atoms with Crippen LogP contribution in [0.15, 0.2) is 65.0 Å². The van der Waals surface area contributed by atoms with E-state index < -0.39 is 0 Å². The van der Waals surface area contributed by atoms with Crippen molar-refractivity contribution >= 4 is 34.3 Å². The molecule has 1 aromatic carbocycles. The Labute approximate surface area is 145 Å². The number of rotatable bonds is 4. The number of oxazole rings is 1. The van der Waals surface area contributed by atoms with Crippen LogP contribution in [0.2, 0.25) is 0 Å². The Balaban J connectivity index is 1.48. The van der Waals surface area contributed by atoms with Gasteiger partial charge < -0.3 is 9.73 Å². The summed E-state index contributed by atoms with van der Waals surface area (Å²) in [4.78, 5) is 22.2. The van der Waals surface area contributed by atoms with Gasteiger partial charge in [-0.1, -0.05) is 6.07 Å². The maximum absolute atomic E-state index is 12.3. The molecule has 0 saturated carbocycles. The molecule has 3 aromatic heterocycles. The number of hydrogen-bond acceptors (Lipinski definition) is 6. The molecule has 0 aliphatic rings. The van der Waals surface area contributed by atoms with Crippen molar-refractivity contribution in [2.24, 2.45) is 0 Å². The molecule has 0 aliphatic carbocycles. The van der Waals surface area contributed by atoms with Gasteiger partial charge in [0.1, 0.15) is 9.88 Å². The van der Waals surface area contributed by atoms with Crippen LogP contribution in [0, 0.1) is 0 Å². The number of carbonyl (C=O) groups excluding carboxylic acids is 1. The molecule has 5 nitrogen and oxygen atoms in total. The molecule has 7 heteroatoms. The number of benzene rings is 1. The highest BCUT2D eigenvalue weighted by Gasteiger charge is 2.12. The quantitative estimate of drug-likeness (QED) is 0.573. The van der Waals surface area contributed by atoms with E-state index in [0.29, 0.717) is 16.3 Å². The van der Waals surface area contributed by atoms with Gasteiger partial charge in [0.15, 0.2) is 12.2 Å². The molecule has 0 aliphatic heterocycles. The van der Waals surface area contributed by atoms with Crippen LogP contribution in [0.1, 0.15) is 9.67 Å². The van der Waals surface area contributed by atoms with Crippen molar-refractivity contribution in [3.8, 4) is 21.2 Å². The third-order valence-electron chi connectivity index (χ3n) is 3.32. The normalized spacial score (nSPS) is 10.7. The lowest BCUT2D eigenvalue weighted by molar-refractivity contribution is 0.103. The van der Waals surface area contributed by atoms with Gasteiger partial charge in [0.05, 0.1) is 17.3 Å². The average molecular weight is 353 g/mol. The molecule has 3 heterocycles. The maximum Gasteiger partial charge on any atom is 0.267 e. The Hall–Kier alpha value is -2.77. The molecule has 24 heavy (non-hydrogen) atoms. The molecule has 118 valence electrons. The minimum atomic E-state index is -0.164. The summed E-state index contributed by atoms with van der Waals surface area (Å²) in [5.41, 5.74) is 1.62. The number of hydrogen-bond donors (Lipinski definition) is 1. The monoisotopic (exact) mass is 353 g/mol. The molecule has 1 amide bonds. The molecule has 0 spiro atoms. The SMILES string of the molecule is O=C(Nc1ccc(-c2cnco2)cc1)c1cnc(-c2cccs2)s1. The lowest BCUT2D eigenvalue weighted by Gasteiger charge is -2.04. The van der Waals surface area contributed by atoms with Gasteiger partial charge in [-0.05, 0) is 35.7 Å². The zero-order valence-corrected chi connectivity index (χ0v) is 13.9. The molecule has 0 saturated heterocycles. The third-order valence-corrected chi connectivity index (χ3v) is 5.36. The maximum atomic E-state index is 12.3. The number of nitrogens with one attached hydrogen (secondary N) is 1. The van der Waals surface area contributed by atoms with Gasteiger partial charge in [-0.2, -0.15) is 0 Å². The highest BCUT2D eigenvalue weighted by atomic mass is 32.1. The predicted molar refractivity (Wildman–Crippen MR) is 95.3 cm³/mol. The first kappa shape index (κ1) is 14.8. The van der Waals surface area contributed by atoms with Gasteiger partial charge >= 0.3 is 0 Å². The van der Waals surface area contributed by atoms with E-state index in [1.54, 1.807) is 23.7 Å². The fourth-order valence-corrected chi connectivity index (χ4v) is 3.78. The number of thiazole rings is 1. The summed E-state index contributed by atoms with van der Waals surface area (Å²) in [7, 11) is 0. The van der Waals surface area contributed by atoms with Crippen LogP contribution in [0.3, 0.4) is 0 Å². The van der Waals surface area contributed by atoms with Gasteiger partial charge in [-0.3, -0.25) is 4.79 Å². The zero-order valence-electron chi connectivity index (χ0n) is 12.3. The molecule has 4 aromatic rings. The first-order valence-electron chi connectivity index (χ1n) is 7.09. The minimum Gasteiger partial charge on any atom is -0.444 e. The Bertz CT molecular complexity index is 942. The van der Waals surface area contributed by atoms with E-state index in [0.717, 1.165) is 15.4 Å². The number of aromatic nitrogens is 2. The van der Waals surface area contributed by atoms with Crippen molar-refractivity contribution in [3.63, 3.8) is 0 Å². The molecule has 0 unspecified atom stereocenters. The van der Waals surface area contributed by atoms with Crippen LogP contribution in [0.25, 0.3) is 21.2 Å². The Morgan fingerprint density at radius 2 is 2.00 bits per heavy atom. The lowest BCUT2D eigenvalue weighted by Crippen LogP contribution is -2.09. The average Bonchev–Trinajstić information content (AvgIpc) is 3.35. The third kappa shape index (κ3) is 2.99. The van der Waals surface area contributed by atoms with E-state index in [4.69, 9.17) is 4.42 Å². The summed E-state index contributed by atoms with van der Waals surface area (Å²) in [6.07, 6.45) is 4.65. The van der Waals surface area contributed by atoms with Gasteiger partial charge in [-0.25, -0.2) is 9.97 Å². The number of carbonyl (C=O) groups is 1. The van der Waals surface area contributed by atoms with Crippen molar-refractivity contribution in [1.82, 2.24) is 9.97 Å². The molecular weight excluding hydrogens is 342 g/mol. The van der Waals surface area contributed by atoms with E-state index in [1.165, 1.54) is 17.7 Å². The molecule has 0 radical (unpaired) electrons. The first-order chi connectivity index (χ1) is 11.8. The fraction of sp³-hybridized carbons (Fsp3) is 0. The van der Waals surface area contributed by atoms with Crippen LogP contribution in [0.5, 0.6) is 0 Å². The second-order valence-corrected chi connectivity index (χ2v) is 6.88. The van der Waals surface area contributed by atoms with Crippen molar-refractivity contribution in [1.29, 1.82) is 0 Å². The topological polar surface area (TPSA) is 68.0 Å². The highest BCUT2D eigenvalue weighted by molar-refractivity contribution is 7.22. The number of thiophene rings is 1. The molecular formula is C17H11N3O2S2. The molecule has 1 N–H and O–H groups in total. The minimum absolute atomic E-state index is 0.164. The van der Waals surface area contributed by atoms with Crippen LogP contribution in [-0.4, -0.2) is 15.9 Å². The fourth-order valence-electron chi connectivity index (χ4n) is 2.16. The highest BCUT2D eigenvalue weighted by Crippen LogP contribution is 2.29. The van der Waals surface area contributed by atoms with Gasteiger partial charge in [0.25, 0.3) is 5.91 Å². The van der Waals surface area contributed by atoms with E-state index in [9.17, 15) is 4.79 Å². The Kier molecular flexibility index (Phi) is 3.94. The van der Waals surface area contributed by atoms with E-state index >= 15 is 0 Å². The van der Waals surface area contributed by atoms with Crippen LogP contribution in [-0.2, 0) is 0 Å². The molecule has 0 atom stereocenters. The Morgan fingerprint density at radius 1 is 1.12 bits per heavy atom. The standard InChI is InChI=1S/C17H11N3O2S2/c21-16(15-9-19-17(24-15)14-2-1-7-23-14)20-12-5-3-11(4-6-12)13-8-18-10-22-13/h1-10H,(H,20,21). The summed E-state index contributed by atoms with van der Waals surface area (Å²) >= 11 is 2.99. The van der Waals surface area contributed by atoms with Crippen molar-refractivity contribution in [2.75, 3.05) is 5.32 Å². The van der Waals surface area contributed by atoms with E-state index in [2.05, 4.69) is 15.3 Å². The first-order valence-corrected chi connectivity index (χ1v) is 8.79. The number of nitrogens with zero attached hydrogens (tertiary/aromatic N) is 2. The van der Waals surface area contributed by atoms with Crippen LogP contribution >= 0.6 is 22.7 Å². The predicted octanol–water partition coefficient (Wildman–Crippen LogP) is 4.78. The van der Waals surface area contributed by atoms with E-state index in [1.807, 2.05) is 41.8 Å². The van der Waals surface area contributed by atoms with Crippen LogP contribution in [0.4, 0.5) is 5.69 Å². The van der Waals surface area contributed by atoms with Crippen molar-refractivity contribution in [2.45, 2.75) is 0 Å². The lowest BCUT2D eigenvalue weighted by atomic mass is 10.1. The summed E-state index contributed by atoms with van der Waals surface area (Å²) in [6, 6.07) is 11.4. The second kappa shape index (κ2) is 6.38. The largest absolute Gasteiger partial charge is 0.444 e. The zero-order chi connectivity index (χ0) is 16.4. The number of anilines is 1. The number of amides is 1. The van der Waals surface area contributed by atoms with Gasteiger partial charge in [0, 0.05) is 11.3 Å². The molecule has 0 fully saturated rings. The van der Waals surface area contributed by atoms with Crippen LogP contribution < -0.4 is 5.32 Å². The molecule has 0 bridgehead atoms. The Morgan fingerprint density at radius 3 is 2.71 bits per heavy atom. The van der Waals surface area contributed by atoms with E-state index in [-0.39, 0.29) is 5.91 Å².